The Bertz CT molecular complexity index is 3560. The number of aromatic nitrogens is 2. The van der Waals surface area contributed by atoms with Crippen molar-refractivity contribution in [3.8, 4) is 34.3 Å². The number of sulfone groups is 1. The second-order valence-electron chi connectivity index (χ2n) is 24.5. The molecule has 8 amide bonds. The van der Waals surface area contributed by atoms with Crippen LogP contribution in [0.2, 0.25) is 0 Å². The van der Waals surface area contributed by atoms with Gasteiger partial charge in [-0.05, 0) is 80.3 Å². The molecule has 13 N–H and O–H groups in total. The number of hydrogen-bond acceptors (Lipinski definition) is 27. The predicted molar refractivity (Wildman–Crippen MR) is 349 cm³/mol. The molecular formula is C64H85N10NaO24S2. The first-order chi connectivity index (χ1) is 47.7. The molecule has 13 atom stereocenters. The molecule has 3 aromatic carbocycles. The average Bonchev–Trinajstić information content (AvgIpc) is 1.67. The first kappa shape index (κ1) is 82.6. The van der Waals surface area contributed by atoms with Gasteiger partial charge in [0, 0.05) is 81.8 Å². The van der Waals surface area contributed by atoms with Gasteiger partial charge in [0.15, 0.2) is 21.3 Å². The van der Waals surface area contributed by atoms with E-state index in [2.05, 4.69) is 58.0 Å². The minimum absolute atomic E-state index is 0. The topological polar surface area (TPSA) is 499 Å². The molecule has 3 aliphatic rings. The molecule has 37 heteroatoms. The van der Waals surface area contributed by atoms with Gasteiger partial charge in [0.2, 0.25) is 41.3 Å². The first-order valence-electron chi connectivity index (χ1n) is 32.3. The number of nitrogens with one attached hydrogen (secondary N) is 6. The molecule has 3 saturated heterocycles. The van der Waals surface area contributed by atoms with E-state index in [-0.39, 0.29) is 87.7 Å². The van der Waals surface area contributed by atoms with E-state index in [0.717, 1.165) is 74.0 Å². The average molecular weight is 1470 g/mol. The third-order valence-corrected chi connectivity index (χ3v) is 19.2. The van der Waals surface area contributed by atoms with Crippen LogP contribution in [0.25, 0.3) is 22.8 Å². The fourth-order valence-corrected chi connectivity index (χ4v) is 13.2. The normalized spacial score (nSPS) is 23.5. The minimum atomic E-state index is -3.57. The Kier molecular flexibility index (Phi) is 32.6. The Labute approximate surface area is 608 Å². The Morgan fingerprint density at radius 1 is 0.812 bits per heavy atom. The molecular weight excluding hydrogens is 1380 g/mol. The number of ether oxygens (including phenoxy) is 2. The number of amides is 8. The third-order valence-electron chi connectivity index (χ3n) is 17.0. The van der Waals surface area contributed by atoms with Crippen LogP contribution >= 0.6 is 12.3 Å². The summed E-state index contributed by atoms with van der Waals surface area (Å²) in [6.07, 6.45) is -6.57. The second-order valence-corrected chi connectivity index (χ2v) is 27.0. The number of aliphatic hydroxyl groups excluding tert-OH is 6. The van der Waals surface area contributed by atoms with Crippen molar-refractivity contribution >= 4 is 69.6 Å². The molecule has 4 heterocycles. The van der Waals surface area contributed by atoms with Gasteiger partial charge in [0.25, 0.3) is 24.1 Å². The Hall–Kier alpha value is -7.40. The van der Waals surface area contributed by atoms with Gasteiger partial charge >= 0.3 is 35.7 Å². The van der Waals surface area contributed by atoms with E-state index in [1.807, 2.05) is 0 Å². The van der Waals surface area contributed by atoms with Crippen LogP contribution in [0.1, 0.15) is 94.0 Å². The van der Waals surface area contributed by atoms with Gasteiger partial charge in [0.05, 0.1) is 47.3 Å². The summed E-state index contributed by atoms with van der Waals surface area (Å²) in [7, 11) is -1.90. The predicted octanol–water partition coefficient (Wildman–Crippen LogP) is -4.32. The number of aromatic hydroxyl groups is 1. The van der Waals surface area contributed by atoms with Gasteiger partial charge in [-0.2, -0.15) is 4.98 Å². The molecule has 0 aliphatic carbocycles. The van der Waals surface area contributed by atoms with Crippen molar-refractivity contribution in [3.63, 3.8) is 0 Å². The molecule has 1 aromatic heterocycles. The monoisotopic (exact) mass is 1460 g/mol. The SMILES string of the molecule is C=CCOC(=O)NCC[C@@H](O)[C@@H]1NC(=O)[C@H]([C@H](O)Cc2ccc(O)c(OSOO[O-])c2)NC(=O)[C@@H]2C[C@H](O)CN2C(=O)[C@H]([C@H](C)O)NC(=O)[C@@H](NC(=O)c2ccc(-c3noc(-c4ccc(S(=O)(=O)CCCCCCCCCOC)cc4)n3)cc2)C[C@H](O)CNC(=O)[C@@H]2[C@@H](O)[C@H](C)CN2C1=O.[Na+]. The number of phenols is 1. The summed E-state index contributed by atoms with van der Waals surface area (Å²) in [6.45, 7) is 4.33. The van der Waals surface area contributed by atoms with Gasteiger partial charge in [-0.3, -0.25) is 38.6 Å². The van der Waals surface area contributed by atoms with Crippen molar-refractivity contribution in [2.24, 2.45) is 5.92 Å². The van der Waals surface area contributed by atoms with Crippen molar-refractivity contribution < 1.29 is 145 Å². The molecule has 548 valence electrons. The van der Waals surface area contributed by atoms with Crippen LogP contribution in [0.15, 0.2) is 88.8 Å². The number of β-amino-alcohol motifs (C(OH)–C–C–N with tert-alkyl or cyclic N) is 1. The van der Waals surface area contributed by atoms with Gasteiger partial charge < -0.3 is 101 Å². The van der Waals surface area contributed by atoms with E-state index in [0.29, 0.717) is 17.5 Å². The number of benzene rings is 3. The van der Waals surface area contributed by atoms with Crippen LogP contribution in [-0.2, 0) is 63.9 Å². The summed E-state index contributed by atoms with van der Waals surface area (Å²) in [5.74, 6) is -9.99. The quantitative estimate of drug-likeness (QED) is 0.00611. The number of fused-ring (bicyclic) bond motifs is 2. The fourth-order valence-electron chi connectivity index (χ4n) is 11.6. The molecule has 0 bridgehead atoms. The Morgan fingerprint density at radius 2 is 1.47 bits per heavy atom. The molecule has 3 fully saturated rings. The van der Waals surface area contributed by atoms with Crippen molar-refractivity contribution in [2.45, 2.75) is 162 Å². The number of carbonyl (C=O) groups is 8. The van der Waals surface area contributed by atoms with E-state index in [1.54, 1.807) is 7.11 Å². The molecule has 7 rings (SSSR count). The number of aliphatic hydroxyl groups is 6. The van der Waals surface area contributed by atoms with Gasteiger partial charge in [-0.1, -0.05) is 75.0 Å². The molecule has 0 spiro atoms. The number of rotatable bonds is 29. The zero-order valence-corrected chi connectivity index (χ0v) is 59.7. The smallest absolute Gasteiger partial charge is 0.691 e. The van der Waals surface area contributed by atoms with Gasteiger partial charge in [-0.25, -0.2) is 13.2 Å². The summed E-state index contributed by atoms with van der Waals surface area (Å²) >= 11 is -0.0106. The number of phenolic OH excluding ortho intramolecular Hbond substituents is 1. The van der Waals surface area contributed by atoms with Crippen molar-refractivity contribution in [1.29, 1.82) is 0 Å². The molecule has 3 aliphatic heterocycles. The summed E-state index contributed by atoms with van der Waals surface area (Å²) in [5, 5.41) is 112. The van der Waals surface area contributed by atoms with Crippen LogP contribution in [0, 0.1) is 5.92 Å². The summed E-state index contributed by atoms with van der Waals surface area (Å²) in [4.78, 5) is 121. The summed E-state index contributed by atoms with van der Waals surface area (Å²) < 4.78 is 51.0. The molecule has 101 heavy (non-hydrogen) atoms. The number of nitrogens with zero attached hydrogens (tertiary/aromatic N) is 4. The van der Waals surface area contributed by atoms with E-state index >= 15 is 0 Å². The van der Waals surface area contributed by atoms with E-state index in [4.69, 9.17) is 18.2 Å². The number of methoxy groups -OCH3 is 1. The van der Waals surface area contributed by atoms with Gasteiger partial charge in [0.1, 0.15) is 42.9 Å². The summed E-state index contributed by atoms with van der Waals surface area (Å²) in [6, 6.07) is 3.24. The van der Waals surface area contributed by atoms with Crippen molar-refractivity contribution in [3.05, 3.63) is 90.5 Å². The number of hydrogen-bond donors (Lipinski definition) is 13. The molecule has 4 aromatic rings. The van der Waals surface area contributed by atoms with Crippen LogP contribution in [-0.4, -0.2) is 237 Å². The molecule has 0 saturated carbocycles. The maximum atomic E-state index is 15.0. The molecule has 0 unspecified atom stereocenters. The Balaban J connectivity index is 0.0000161. The molecule has 34 nitrogen and oxygen atoms in total. The number of carbonyl (C=O) groups excluding carboxylic acids is 8. The van der Waals surface area contributed by atoms with E-state index < -0.39 is 194 Å². The van der Waals surface area contributed by atoms with Crippen LogP contribution in [0.3, 0.4) is 0 Å². The largest absolute Gasteiger partial charge is 1.00 e. The zero-order valence-electron chi connectivity index (χ0n) is 56.0. The first-order valence-corrected chi connectivity index (χ1v) is 34.7. The van der Waals surface area contributed by atoms with E-state index in [1.165, 1.54) is 67.6 Å². The third kappa shape index (κ3) is 23.3. The number of unbranched alkanes of at least 4 members (excludes halogenated alkanes) is 6. The maximum absolute atomic E-state index is 15.0. The van der Waals surface area contributed by atoms with Gasteiger partial charge in [-0.15, -0.1) is 4.33 Å². The van der Waals surface area contributed by atoms with Crippen LogP contribution in [0.5, 0.6) is 11.5 Å². The second kappa shape index (κ2) is 39.9. The van der Waals surface area contributed by atoms with Crippen molar-refractivity contribution in [1.82, 2.24) is 51.8 Å². The molecule has 0 radical (unpaired) electrons. The summed E-state index contributed by atoms with van der Waals surface area (Å²) in [5.41, 5.74) is 0.741. The minimum Gasteiger partial charge on any atom is -0.691 e. The standard InChI is InChI=1S/C64H86N10O24S2.Na/c1-5-25-94-64(89)65-24-23-47(79)52-63(88)74-33-35(2)54(81)53(74)60(86)66-32-41(76)30-44(67-56(82)39-16-14-38(15-17-39)55-71-61(95-72-55)40-18-20-43(21-19-40)100(91,92)27-12-10-8-6-7-9-11-26-93-4)57(83)68-50(36(3)75)62(87)73-34-42(77)31-45(73)58(84)69-51(59(85)70-52)48(80)28-37-13-22-46(78)49(29-37)96-99-98-97-90;/h5,13-22,29,35-36,41-42,44-45,47-48,50-54,75-81,90H,1,6-12,23-28,30-34H2,2-4H3,(H,65,89)(H,66,86)(H,67,82)(H,68,83)(H,69,84)(H,70,85);/q;+1/p-1/t35-,36+,41+,42+,44+,45+,47-,48-,50+,51+,52+,53+,54+;/m1./s1. The van der Waals surface area contributed by atoms with Crippen molar-refractivity contribution in [2.75, 3.05) is 52.3 Å². The van der Waals surface area contributed by atoms with E-state index in [9.17, 15) is 87.8 Å². The van der Waals surface area contributed by atoms with Crippen LogP contribution in [0.4, 0.5) is 4.79 Å². The Morgan fingerprint density at radius 3 is 2.14 bits per heavy atom. The number of alkyl carbamates (subject to hydrolysis) is 1. The maximum Gasteiger partial charge on any atom is 1.00 e. The zero-order chi connectivity index (χ0) is 72.8. The van der Waals surface area contributed by atoms with Crippen LogP contribution < -0.4 is 70.9 Å². The fraction of sp³-hybridized carbons (Fsp3) is 0.531.